The van der Waals surface area contributed by atoms with Gasteiger partial charge in [-0.25, -0.2) is 9.98 Å². The lowest BCUT2D eigenvalue weighted by Gasteiger charge is -2.39. The highest BCUT2D eigenvalue weighted by molar-refractivity contribution is 5.80. The second kappa shape index (κ2) is 10.4. The first-order chi connectivity index (χ1) is 14.1. The van der Waals surface area contributed by atoms with E-state index in [2.05, 4.69) is 43.1 Å². The van der Waals surface area contributed by atoms with Crippen LogP contribution in [0.1, 0.15) is 44.4 Å². The van der Waals surface area contributed by atoms with Crippen LogP contribution in [-0.2, 0) is 18.3 Å². The monoisotopic (exact) mass is 402 g/mol. The highest BCUT2D eigenvalue weighted by Crippen LogP contribution is 2.27. The fourth-order valence-corrected chi connectivity index (χ4v) is 3.62. The second-order valence-electron chi connectivity index (χ2n) is 7.63. The molecule has 1 saturated heterocycles. The molecular formula is C20H34N8O. The molecule has 9 nitrogen and oxygen atoms in total. The smallest absolute Gasteiger partial charge is 0.194 e. The van der Waals surface area contributed by atoms with Crippen molar-refractivity contribution in [2.75, 3.05) is 32.8 Å². The maximum Gasteiger partial charge on any atom is 0.194 e. The van der Waals surface area contributed by atoms with Crippen molar-refractivity contribution in [2.24, 2.45) is 18.0 Å². The number of ether oxygens (including phenoxy) is 1. The number of aliphatic imine (C=N–C) groups is 1. The summed E-state index contributed by atoms with van der Waals surface area (Å²) < 4.78 is 9.67. The number of hydrogen-bond donors (Lipinski definition) is 1. The van der Waals surface area contributed by atoms with E-state index in [0.717, 1.165) is 63.3 Å². The van der Waals surface area contributed by atoms with Crippen molar-refractivity contribution in [3.05, 3.63) is 30.4 Å². The molecule has 0 aromatic carbocycles. The molecule has 160 valence electrons. The van der Waals surface area contributed by atoms with Crippen LogP contribution in [0.2, 0.25) is 0 Å². The molecule has 9 heteroatoms. The van der Waals surface area contributed by atoms with Crippen LogP contribution >= 0.6 is 0 Å². The summed E-state index contributed by atoms with van der Waals surface area (Å²) in [5.74, 6) is 3.29. The first kappa shape index (κ1) is 21.3. The van der Waals surface area contributed by atoms with Gasteiger partial charge in [-0.15, -0.1) is 10.2 Å². The lowest BCUT2D eigenvalue weighted by Crippen LogP contribution is -2.49. The Bertz CT molecular complexity index is 770. The Labute approximate surface area is 173 Å². The zero-order valence-corrected chi connectivity index (χ0v) is 18.1. The van der Waals surface area contributed by atoms with Crippen LogP contribution in [0, 0.1) is 12.8 Å². The third-order valence-corrected chi connectivity index (χ3v) is 5.63. The maximum absolute atomic E-state index is 5.46. The van der Waals surface area contributed by atoms with E-state index >= 15 is 0 Å². The Morgan fingerprint density at radius 3 is 2.93 bits per heavy atom. The van der Waals surface area contributed by atoms with Crippen LogP contribution in [0.25, 0.3) is 0 Å². The molecule has 0 saturated carbocycles. The van der Waals surface area contributed by atoms with Gasteiger partial charge < -0.3 is 24.1 Å². The third-order valence-electron chi connectivity index (χ3n) is 5.63. The van der Waals surface area contributed by atoms with E-state index in [1.165, 1.54) is 0 Å². The van der Waals surface area contributed by atoms with Crippen molar-refractivity contribution in [2.45, 2.75) is 46.2 Å². The summed E-state index contributed by atoms with van der Waals surface area (Å²) in [6, 6.07) is 0.388. The fraction of sp³-hybridized carbons (Fsp3) is 0.700. The average molecular weight is 403 g/mol. The minimum Gasteiger partial charge on any atom is -0.382 e. The quantitative estimate of drug-likeness (QED) is 0.412. The zero-order chi connectivity index (χ0) is 20.6. The number of aryl methyl sites for hydroxylation is 1. The topological polar surface area (TPSA) is 85.4 Å². The van der Waals surface area contributed by atoms with E-state index in [0.29, 0.717) is 18.5 Å². The Kier molecular flexibility index (Phi) is 7.62. The van der Waals surface area contributed by atoms with Crippen molar-refractivity contribution in [3.63, 3.8) is 0 Å². The van der Waals surface area contributed by atoms with E-state index in [9.17, 15) is 0 Å². The Balaban J connectivity index is 1.70. The summed E-state index contributed by atoms with van der Waals surface area (Å²) in [5.41, 5.74) is 0. The van der Waals surface area contributed by atoms with Crippen molar-refractivity contribution < 1.29 is 4.74 Å². The van der Waals surface area contributed by atoms with Crippen molar-refractivity contribution in [1.82, 2.24) is 34.5 Å². The number of nitrogens with one attached hydrogen (secondary N) is 1. The van der Waals surface area contributed by atoms with Crippen LogP contribution in [0.5, 0.6) is 0 Å². The normalized spacial score (nSPS) is 20.3. The molecule has 2 unspecified atom stereocenters. The first-order valence-corrected chi connectivity index (χ1v) is 10.5. The predicted octanol–water partition coefficient (Wildman–Crippen LogP) is 1.78. The molecule has 0 radical (unpaired) electrons. The molecule has 2 aromatic rings. The van der Waals surface area contributed by atoms with Gasteiger partial charge in [0.15, 0.2) is 11.8 Å². The summed E-state index contributed by atoms with van der Waals surface area (Å²) in [7, 11) is 1.98. The van der Waals surface area contributed by atoms with Gasteiger partial charge in [-0.1, -0.05) is 6.92 Å². The van der Waals surface area contributed by atoms with E-state index in [1.807, 2.05) is 38.0 Å². The van der Waals surface area contributed by atoms with Crippen LogP contribution in [0.15, 0.2) is 23.7 Å². The summed E-state index contributed by atoms with van der Waals surface area (Å²) >= 11 is 0. The fourth-order valence-electron chi connectivity index (χ4n) is 3.62. The number of guanidine groups is 1. The highest BCUT2D eigenvalue weighted by Gasteiger charge is 2.29. The van der Waals surface area contributed by atoms with E-state index in [4.69, 9.17) is 9.73 Å². The minimum atomic E-state index is 0.388. The number of nitrogens with zero attached hydrogens (tertiary/aromatic N) is 7. The molecule has 1 fully saturated rings. The molecule has 3 rings (SSSR count). The lowest BCUT2D eigenvalue weighted by molar-refractivity contribution is 0.145. The van der Waals surface area contributed by atoms with Crippen molar-refractivity contribution in [3.8, 4) is 0 Å². The van der Waals surface area contributed by atoms with Crippen LogP contribution < -0.4 is 5.32 Å². The minimum absolute atomic E-state index is 0.388. The van der Waals surface area contributed by atoms with Gasteiger partial charge in [0.1, 0.15) is 12.4 Å². The highest BCUT2D eigenvalue weighted by atomic mass is 16.5. The van der Waals surface area contributed by atoms with Crippen molar-refractivity contribution in [1.29, 1.82) is 0 Å². The molecule has 0 bridgehead atoms. The van der Waals surface area contributed by atoms with Crippen LogP contribution in [0.4, 0.5) is 0 Å². The SMILES string of the molecule is CCOCCCNC(=NCc1nnc(C)n1C)N1CCC(C)C(n2ccnc2)C1. The molecule has 29 heavy (non-hydrogen) atoms. The van der Waals surface area contributed by atoms with Gasteiger partial charge >= 0.3 is 0 Å². The largest absolute Gasteiger partial charge is 0.382 e. The number of aromatic nitrogens is 5. The third kappa shape index (κ3) is 5.56. The number of rotatable bonds is 8. The van der Waals surface area contributed by atoms with Gasteiger partial charge in [-0.2, -0.15) is 0 Å². The number of imidazole rings is 1. The van der Waals surface area contributed by atoms with Crippen LogP contribution in [-0.4, -0.2) is 68.0 Å². The molecule has 0 amide bonds. The van der Waals surface area contributed by atoms with Gasteiger partial charge in [0, 0.05) is 52.3 Å². The number of hydrogen-bond acceptors (Lipinski definition) is 5. The first-order valence-electron chi connectivity index (χ1n) is 10.5. The standard InChI is InChI=1S/C20H34N8O/c1-5-29-12-6-8-22-20(23-13-19-25-24-17(3)26(19)4)27-10-7-16(2)18(14-27)28-11-9-21-15-28/h9,11,15-16,18H,5-8,10,12-14H2,1-4H3,(H,22,23). The molecule has 0 spiro atoms. The van der Waals surface area contributed by atoms with Crippen LogP contribution in [0.3, 0.4) is 0 Å². The molecule has 3 heterocycles. The van der Waals surface area contributed by atoms with Crippen molar-refractivity contribution >= 4 is 5.96 Å². The summed E-state index contributed by atoms with van der Waals surface area (Å²) in [4.78, 5) is 11.5. The second-order valence-corrected chi connectivity index (χ2v) is 7.63. The predicted molar refractivity (Wildman–Crippen MR) is 113 cm³/mol. The Hall–Kier alpha value is -2.42. The van der Waals surface area contributed by atoms with E-state index in [1.54, 1.807) is 0 Å². The summed E-state index contributed by atoms with van der Waals surface area (Å²) in [6.07, 6.45) is 7.89. The Morgan fingerprint density at radius 1 is 1.38 bits per heavy atom. The molecule has 1 aliphatic rings. The zero-order valence-electron chi connectivity index (χ0n) is 18.1. The molecule has 2 atom stereocenters. The molecular weight excluding hydrogens is 368 g/mol. The average Bonchev–Trinajstić information content (AvgIpc) is 3.36. The van der Waals surface area contributed by atoms with Gasteiger partial charge in [0.2, 0.25) is 0 Å². The van der Waals surface area contributed by atoms with E-state index in [-0.39, 0.29) is 0 Å². The lowest BCUT2D eigenvalue weighted by atomic mass is 9.93. The summed E-state index contributed by atoms with van der Waals surface area (Å²) in [5, 5.41) is 11.9. The van der Waals surface area contributed by atoms with Gasteiger partial charge in [0.05, 0.1) is 12.4 Å². The molecule has 1 aliphatic heterocycles. The maximum atomic E-state index is 5.46. The van der Waals surface area contributed by atoms with Gasteiger partial charge in [-0.05, 0) is 32.6 Å². The van der Waals surface area contributed by atoms with E-state index < -0.39 is 0 Å². The summed E-state index contributed by atoms with van der Waals surface area (Å²) in [6.45, 7) is 11.0. The molecule has 2 aromatic heterocycles. The Morgan fingerprint density at radius 2 is 2.24 bits per heavy atom. The molecule has 1 N–H and O–H groups in total. The number of likely N-dealkylation sites (tertiary alicyclic amines) is 1. The number of piperidine rings is 1. The van der Waals surface area contributed by atoms with Gasteiger partial charge in [0.25, 0.3) is 0 Å². The van der Waals surface area contributed by atoms with Gasteiger partial charge in [-0.3, -0.25) is 0 Å². The molecule has 0 aliphatic carbocycles.